The molecular formula is C19H23N3O2. The first kappa shape index (κ1) is 16.4. The predicted octanol–water partition coefficient (Wildman–Crippen LogP) is 2.58. The second-order valence-electron chi connectivity index (χ2n) is 6.49. The molecule has 1 aliphatic rings. The number of carbonyl (C=O) groups is 2. The van der Waals surface area contributed by atoms with Gasteiger partial charge < -0.3 is 4.90 Å². The van der Waals surface area contributed by atoms with Gasteiger partial charge in [0.2, 0.25) is 5.91 Å². The summed E-state index contributed by atoms with van der Waals surface area (Å²) in [6.07, 6.45) is 1.36. The Labute approximate surface area is 142 Å². The number of aromatic nitrogens is 2. The van der Waals surface area contributed by atoms with E-state index in [0.717, 1.165) is 23.4 Å². The molecule has 1 aromatic carbocycles. The van der Waals surface area contributed by atoms with E-state index in [1.165, 1.54) is 5.56 Å². The van der Waals surface area contributed by atoms with Crippen molar-refractivity contribution in [1.29, 1.82) is 0 Å². The average molecular weight is 325 g/mol. The highest BCUT2D eigenvalue weighted by atomic mass is 16.2. The van der Waals surface area contributed by atoms with E-state index in [0.29, 0.717) is 18.7 Å². The molecular weight excluding hydrogens is 302 g/mol. The van der Waals surface area contributed by atoms with Crippen LogP contribution in [0.4, 0.5) is 0 Å². The molecule has 0 radical (unpaired) electrons. The largest absolute Gasteiger partial charge is 0.336 e. The zero-order chi connectivity index (χ0) is 17.3. The zero-order valence-corrected chi connectivity index (χ0v) is 14.5. The summed E-state index contributed by atoms with van der Waals surface area (Å²) in [6.45, 7) is 5.29. The Bertz CT molecular complexity index is 775. The van der Waals surface area contributed by atoms with E-state index in [1.54, 1.807) is 0 Å². The molecule has 126 valence electrons. The number of rotatable bonds is 4. The van der Waals surface area contributed by atoms with Crippen LogP contribution in [0.15, 0.2) is 24.3 Å². The first-order valence-corrected chi connectivity index (χ1v) is 8.34. The highest BCUT2D eigenvalue weighted by Crippen LogP contribution is 2.22. The molecule has 1 aliphatic heterocycles. The Morgan fingerprint density at radius 3 is 2.54 bits per heavy atom. The Morgan fingerprint density at radius 1 is 1.12 bits per heavy atom. The second kappa shape index (κ2) is 6.59. The van der Waals surface area contributed by atoms with Gasteiger partial charge in [-0.25, -0.2) is 0 Å². The summed E-state index contributed by atoms with van der Waals surface area (Å²) in [5, 5.41) is 4.43. The number of carbonyl (C=O) groups excluding carboxylic acids is 2. The summed E-state index contributed by atoms with van der Waals surface area (Å²) in [6, 6.07) is 7.50. The van der Waals surface area contributed by atoms with E-state index in [9.17, 15) is 9.59 Å². The molecule has 2 heterocycles. The van der Waals surface area contributed by atoms with Crippen LogP contribution in [0, 0.1) is 13.8 Å². The summed E-state index contributed by atoms with van der Waals surface area (Å²) in [4.78, 5) is 26.5. The van der Waals surface area contributed by atoms with E-state index in [2.05, 4.69) is 5.10 Å². The topological polar surface area (TPSA) is 55.2 Å². The number of nitrogens with zero attached hydrogens (tertiary/aromatic N) is 3. The van der Waals surface area contributed by atoms with Gasteiger partial charge in [-0.3, -0.25) is 14.3 Å². The average Bonchev–Trinajstić information content (AvgIpc) is 2.87. The Kier molecular flexibility index (Phi) is 4.51. The zero-order valence-electron chi connectivity index (χ0n) is 14.5. The molecule has 0 spiro atoms. The molecule has 0 unspecified atom stereocenters. The Balaban J connectivity index is 1.59. The lowest BCUT2D eigenvalue weighted by Crippen LogP contribution is -2.36. The quantitative estimate of drug-likeness (QED) is 0.812. The van der Waals surface area contributed by atoms with Crippen LogP contribution in [0.1, 0.15) is 45.7 Å². The van der Waals surface area contributed by atoms with Crippen LogP contribution in [0.5, 0.6) is 0 Å². The lowest BCUT2D eigenvalue weighted by molar-refractivity contribution is -0.132. The summed E-state index contributed by atoms with van der Waals surface area (Å²) < 4.78 is 1.86. The molecule has 3 rings (SSSR count). The molecule has 0 atom stereocenters. The molecule has 1 aromatic heterocycles. The van der Waals surface area contributed by atoms with Gasteiger partial charge in [-0.1, -0.05) is 29.8 Å². The molecule has 1 amide bonds. The van der Waals surface area contributed by atoms with Crippen molar-refractivity contribution in [1.82, 2.24) is 14.7 Å². The molecule has 0 bridgehead atoms. The van der Waals surface area contributed by atoms with Gasteiger partial charge in [0.1, 0.15) is 0 Å². The third kappa shape index (κ3) is 3.25. The van der Waals surface area contributed by atoms with Crippen LogP contribution >= 0.6 is 0 Å². The van der Waals surface area contributed by atoms with Gasteiger partial charge in [-0.05, 0) is 25.8 Å². The van der Waals surface area contributed by atoms with Crippen molar-refractivity contribution in [3.8, 4) is 0 Å². The molecule has 5 heteroatoms. The number of fused-ring (bicyclic) bond motifs is 1. The van der Waals surface area contributed by atoms with E-state index < -0.39 is 0 Å². The van der Waals surface area contributed by atoms with Crippen LogP contribution < -0.4 is 0 Å². The highest BCUT2D eigenvalue weighted by Gasteiger charge is 2.25. The minimum absolute atomic E-state index is 0.0254. The van der Waals surface area contributed by atoms with Crippen molar-refractivity contribution < 1.29 is 9.59 Å². The van der Waals surface area contributed by atoms with Crippen molar-refractivity contribution in [3.63, 3.8) is 0 Å². The Morgan fingerprint density at radius 2 is 1.83 bits per heavy atom. The first-order valence-electron chi connectivity index (χ1n) is 8.34. The number of ketones is 1. The maximum Gasteiger partial charge on any atom is 0.223 e. The Hall–Kier alpha value is -2.43. The fourth-order valence-electron chi connectivity index (χ4n) is 3.25. The number of hydrogen-bond donors (Lipinski definition) is 0. The first-order chi connectivity index (χ1) is 11.5. The molecule has 0 aliphatic carbocycles. The fourth-order valence-corrected chi connectivity index (χ4v) is 3.25. The summed E-state index contributed by atoms with van der Waals surface area (Å²) in [5.74, 6) is 0.0670. The number of benzene rings is 1. The molecule has 0 saturated carbocycles. The van der Waals surface area contributed by atoms with E-state index in [1.807, 2.05) is 54.7 Å². The molecule has 0 fully saturated rings. The van der Waals surface area contributed by atoms with Crippen LogP contribution in [0.25, 0.3) is 0 Å². The normalized spacial score (nSPS) is 13.7. The number of hydrogen-bond acceptors (Lipinski definition) is 3. The molecule has 24 heavy (non-hydrogen) atoms. The third-order valence-corrected chi connectivity index (χ3v) is 4.74. The van der Waals surface area contributed by atoms with Crippen LogP contribution in [0.3, 0.4) is 0 Å². The molecule has 2 aromatic rings. The van der Waals surface area contributed by atoms with Crippen LogP contribution in [-0.2, 0) is 24.8 Å². The van der Waals surface area contributed by atoms with Crippen molar-refractivity contribution in [2.24, 2.45) is 7.05 Å². The van der Waals surface area contributed by atoms with Crippen molar-refractivity contribution in [2.45, 2.75) is 39.7 Å². The number of amides is 1. The van der Waals surface area contributed by atoms with Gasteiger partial charge in [0, 0.05) is 32.0 Å². The van der Waals surface area contributed by atoms with Gasteiger partial charge >= 0.3 is 0 Å². The van der Waals surface area contributed by atoms with Gasteiger partial charge in [-0.15, -0.1) is 0 Å². The monoisotopic (exact) mass is 325 g/mol. The van der Waals surface area contributed by atoms with Gasteiger partial charge in [-0.2, -0.15) is 5.10 Å². The van der Waals surface area contributed by atoms with Crippen molar-refractivity contribution in [2.75, 3.05) is 6.54 Å². The highest BCUT2D eigenvalue weighted by molar-refractivity contribution is 5.98. The summed E-state index contributed by atoms with van der Waals surface area (Å²) in [5.41, 5.74) is 5.22. The SMILES string of the molecule is Cc1ccc(C(=O)CCC(=O)N2CCc3c(C)nn(C)c3C2)cc1. The number of aryl methyl sites for hydroxylation is 3. The van der Waals surface area contributed by atoms with Crippen LogP contribution in [-0.4, -0.2) is 32.9 Å². The minimum atomic E-state index is 0.0254. The summed E-state index contributed by atoms with van der Waals surface area (Å²) >= 11 is 0. The lowest BCUT2D eigenvalue weighted by atomic mass is 10.0. The van der Waals surface area contributed by atoms with Gasteiger partial charge in [0.25, 0.3) is 0 Å². The summed E-state index contributed by atoms with van der Waals surface area (Å²) in [7, 11) is 1.92. The molecule has 5 nitrogen and oxygen atoms in total. The van der Waals surface area contributed by atoms with Crippen molar-refractivity contribution >= 4 is 11.7 Å². The minimum Gasteiger partial charge on any atom is -0.336 e. The lowest BCUT2D eigenvalue weighted by Gasteiger charge is -2.27. The predicted molar refractivity (Wildman–Crippen MR) is 91.8 cm³/mol. The smallest absolute Gasteiger partial charge is 0.223 e. The van der Waals surface area contributed by atoms with E-state index in [-0.39, 0.29) is 24.5 Å². The van der Waals surface area contributed by atoms with E-state index in [4.69, 9.17) is 0 Å². The third-order valence-electron chi connectivity index (χ3n) is 4.74. The van der Waals surface area contributed by atoms with Crippen molar-refractivity contribution in [3.05, 3.63) is 52.3 Å². The molecule has 0 saturated heterocycles. The van der Waals surface area contributed by atoms with Gasteiger partial charge in [0.05, 0.1) is 17.9 Å². The standard InChI is InChI=1S/C19H23N3O2/c1-13-4-6-15(7-5-13)18(23)8-9-19(24)22-11-10-16-14(2)20-21(3)17(16)12-22/h4-7H,8-12H2,1-3H3. The number of Topliss-reactive ketones (excluding diaryl/α,β-unsaturated/α-hetero) is 1. The van der Waals surface area contributed by atoms with Crippen LogP contribution in [0.2, 0.25) is 0 Å². The maximum absolute atomic E-state index is 12.5. The molecule has 0 N–H and O–H groups in total. The fraction of sp³-hybridized carbons (Fsp3) is 0.421. The second-order valence-corrected chi connectivity index (χ2v) is 6.49. The van der Waals surface area contributed by atoms with E-state index >= 15 is 0 Å². The van der Waals surface area contributed by atoms with Gasteiger partial charge in [0.15, 0.2) is 5.78 Å². The maximum atomic E-state index is 12.5.